The molecule has 14 heavy (non-hydrogen) atoms. The highest BCUT2D eigenvalue weighted by molar-refractivity contribution is 5.83. The third-order valence-corrected chi connectivity index (χ3v) is 2.32. The van der Waals surface area contributed by atoms with Gasteiger partial charge in [0.25, 0.3) is 0 Å². The highest BCUT2D eigenvalue weighted by Gasteiger charge is 2.14. The normalized spacial score (nSPS) is 11.9. The quantitative estimate of drug-likeness (QED) is 0.603. The van der Waals surface area contributed by atoms with Crippen LogP contribution in [0.3, 0.4) is 0 Å². The Morgan fingerprint density at radius 2 is 2.14 bits per heavy atom. The maximum Gasteiger partial charge on any atom is 0.154 e. The molecule has 2 nitrogen and oxygen atoms in total. The molecule has 1 atom stereocenters. The van der Waals surface area contributed by atoms with Gasteiger partial charge in [0.2, 0.25) is 0 Å². The summed E-state index contributed by atoms with van der Waals surface area (Å²) in [5.41, 5.74) is 0.713. The number of Topliss-reactive ketones (excluding diaryl/α,β-unsaturated/α-hetero) is 1. The highest BCUT2D eigenvalue weighted by atomic mass is 16.1. The van der Waals surface area contributed by atoms with Gasteiger partial charge in [0.1, 0.15) is 0 Å². The summed E-state index contributed by atoms with van der Waals surface area (Å²) >= 11 is 0. The number of hydrogen-bond donors (Lipinski definition) is 1. The Labute approximate surface area is 87.1 Å². The molecule has 0 aliphatic heterocycles. The minimum atomic E-state index is 0.199. The molecule has 0 saturated heterocycles. The number of carbonyl (C=O) groups excluding carboxylic acids is 1. The number of carbonyl (C=O) groups is 1. The van der Waals surface area contributed by atoms with Crippen LogP contribution in [-0.4, -0.2) is 12.3 Å². The Bertz CT molecular complexity index is 208. The first kappa shape index (κ1) is 12.9. The fourth-order valence-electron chi connectivity index (χ4n) is 1.36. The topological polar surface area (TPSA) is 29.1 Å². The average molecular weight is 195 g/mol. The maximum absolute atomic E-state index is 11.6. The molecule has 0 aromatic heterocycles. The van der Waals surface area contributed by atoms with Crippen LogP contribution in [0.4, 0.5) is 0 Å². The Hall–Kier alpha value is -1.05. The van der Waals surface area contributed by atoms with Crippen molar-refractivity contribution >= 4 is 5.78 Å². The summed E-state index contributed by atoms with van der Waals surface area (Å²) < 4.78 is 0. The lowest BCUT2D eigenvalue weighted by molar-refractivity contribution is -0.122. The lowest BCUT2D eigenvalue weighted by atomic mass is 9.96. The van der Waals surface area contributed by atoms with E-state index in [1.165, 1.54) is 0 Å². The van der Waals surface area contributed by atoms with Crippen molar-refractivity contribution in [3.63, 3.8) is 0 Å². The van der Waals surface area contributed by atoms with Crippen LogP contribution < -0.4 is 5.32 Å². The number of ketones is 1. The van der Waals surface area contributed by atoms with Gasteiger partial charge in [-0.05, 0) is 18.9 Å². The lowest BCUT2D eigenvalue weighted by Crippen LogP contribution is -2.27. The van der Waals surface area contributed by atoms with Crippen LogP contribution in [0.1, 0.15) is 33.1 Å². The zero-order valence-electron chi connectivity index (χ0n) is 9.31. The van der Waals surface area contributed by atoms with Crippen molar-refractivity contribution in [3.8, 4) is 0 Å². The first-order chi connectivity index (χ1) is 6.65. The van der Waals surface area contributed by atoms with Crippen molar-refractivity contribution in [2.24, 2.45) is 5.92 Å². The van der Waals surface area contributed by atoms with E-state index in [1.807, 2.05) is 0 Å². The Morgan fingerprint density at radius 1 is 1.50 bits per heavy atom. The summed E-state index contributed by atoms with van der Waals surface area (Å²) in [6.45, 7) is 11.8. The summed E-state index contributed by atoms with van der Waals surface area (Å²) in [7, 11) is 0. The molecule has 2 heteroatoms. The minimum absolute atomic E-state index is 0.199. The smallest absolute Gasteiger partial charge is 0.154 e. The molecular weight excluding hydrogens is 174 g/mol. The first-order valence-electron chi connectivity index (χ1n) is 5.23. The second-order valence-electron chi connectivity index (χ2n) is 3.44. The molecule has 0 fully saturated rings. The SMILES string of the molecule is C=CC(=C)NCC(=O)C(CC)CCC. The molecule has 1 N–H and O–H groups in total. The van der Waals surface area contributed by atoms with Crippen LogP contribution >= 0.6 is 0 Å². The van der Waals surface area contributed by atoms with Crippen LogP contribution in [0.15, 0.2) is 24.9 Å². The van der Waals surface area contributed by atoms with Gasteiger partial charge in [-0.3, -0.25) is 4.79 Å². The van der Waals surface area contributed by atoms with E-state index < -0.39 is 0 Å². The monoisotopic (exact) mass is 195 g/mol. The van der Waals surface area contributed by atoms with Gasteiger partial charge >= 0.3 is 0 Å². The van der Waals surface area contributed by atoms with E-state index in [9.17, 15) is 4.79 Å². The summed E-state index contributed by atoms with van der Waals surface area (Å²) in [4.78, 5) is 11.6. The van der Waals surface area contributed by atoms with E-state index in [-0.39, 0.29) is 11.7 Å². The molecule has 0 rings (SSSR count). The zero-order valence-corrected chi connectivity index (χ0v) is 9.31. The van der Waals surface area contributed by atoms with Crippen LogP contribution in [0, 0.1) is 5.92 Å². The van der Waals surface area contributed by atoms with E-state index in [4.69, 9.17) is 0 Å². The van der Waals surface area contributed by atoms with E-state index >= 15 is 0 Å². The predicted octanol–water partition coefficient (Wildman–Crippen LogP) is 2.67. The summed E-state index contributed by atoms with van der Waals surface area (Å²) in [5, 5.41) is 2.94. The third-order valence-electron chi connectivity index (χ3n) is 2.32. The Morgan fingerprint density at radius 3 is 2.57 bits per heavy atom. The molecule has 0 aliphatic carbocycles. The first-order valence-corrected chi connectivity index (χ1v) is 5.23. The maximum atomic E-state index is 11.6. The fraction of sp³-hybridized carbons (Fsp3) is 0.583. The van der Waals surface area contributed by atoms with E-state index in [1.54, 1.807) is 6.08 Å². The summed E-state index contributed by atoms with van der Waals surface area (Å²) in [6.07, 6.45) is 4.59. The molecular formula is C12H21NO. The molecule has 0 saturated carbocycles. The van der Waals surface area contributed by atoms with Crippen molar-refractivity contribution < 1.29 is 4.79 Å². The van der Waals surface area contributed by atoms with Crippen LogP contribution in [-0.2, 0) is 4.79 Å². The molecule has 80 valence electrons. The van der Waals surface area contributed by atoms with Crippen molar-refractivity contribution in [1.29, 1.82) is 0 Å². The van der Waals surface area contributed by atoms with Crippen molar-refractivity contribution in [3.05, 3.63) is 24.9 Å². The van der Waals surface area contributed by atoms with Crippen LogP contribution in [0.5, 0.6) is 0 Å². The predicted molar refractivity (Wildman–Crippen MR) is 61.0 cm³/mol. The molecule has 0 spiro atoms. The minimum Gasteiger partial charge on any atom is -0.378 e. The van der Waals surface area contributed by atoms with E-state index in [2.05, 4.69) is 32.3 Å². The molecule has 0 aromatic rings. The number of allylic oxidation sites excluding steroid dienone is 1. The largest absolute Gasteiger partial charge is 0.378 e. The second-order valence-corrected chi connectivity index (χ2v) is 3.44. The van der Waals surface area contributed by atoms with E-state index in [0.717, 1.165) is 19.3 Å². The zero-order chi connectivity index (χ0) is 11.0. The summed E-state index contributed by atoms with van der Waals surface area (Å²) in [6, 6.07) is 0. The van der Waals surface area contributed by atoms with Crippen molar-refractivity contribution in [1.82, 2.24) is 5.32 Å². The van der Waals surface area contributed by atoms with Gasteiger partial charge < -0.3 is 5.32 Å². The van der Waals surface area contributed by atoms with Gasteiger partial charge in [-0.2, -0.15) is 0 Å². The van der Waals surface area contributed by atoms with Gasteiger partial charge in [0.15, 0.2) is 5.78 Å². The van der Waals surface area contributed by atoms with Gasteiger partial charge in [-0.1, -0.05) is 33.4 Å². The Balaban J connectivity index is 3.91. The number of rotatable bonds is 8. The van der Waals surface area contributed by atoms with Crippen LogP contribution in [0.2, 0.25) is 0 Å². The molecule has 0 heterocycles. The third kappa shape index (κ3) is 4.85. The molecule has 0 radical (unpaired) electrons. The van der Waals surface area contributed by atoms with Gasteiger partial charge in [0.05, 0.1) is 6.54 Å². The van der Waals surface area contributed by atoms with Crippen molar-refractivity contribution in [2.45, 2.75) is 33.1 Å². The average Bonchev–Trinajstić information content (AvgIpc) is 2.21. The van der Waals surface area contributed by atoms with Gasteiger partial charge in [0, 0.05) is 11.6 Å². The number of hydrogen-bond acceptors (Lipinski definition) is 2. The lowest BCUT2D eigenvalue weighted by Gasteiger charge is -2.13. The van der Waals surface area contributed by atoms with Crippen LogP contribution in [0.25, 0.3) is 0 Å². The number of nitrogens with one attached hydrogen (secondary N) is 1. The molecule has 0 aromatic carbocycles. The molecule has 0 aliphatic rings. The van der Waals surface area contributed by atoms with Gasteiger partial charge in [-0.25, -0.2) is 0 Å². The fourth-order valence-corrected chi connectivity index (χ4v) is 1.36. The molecule has 0 bridgehead atoms. The Kier molecular flexibility index (Phi) is 6.81. The highest BCUT2D eigenvalue weighted by Crippen LogP contribution is 2.11. The molecule has 1 unspecified atom stereocenters. The summed E-state index contributed by atoms with van der Waals surface area (Å²) in [5.74, 6) is 0.475. The van der Waals surface area contributed by atoms with E-state index in [0.29, 0.717) is 12.2 Å². The molecule has 0 amide bonds. The standard InChI is InChI=1S/C12H21NO/c1-5-8-11(7-3)12(14)9-13-10(4)6-2/h6,11,13H,2,4-5,7-9H2,1,3H3. The van der Waals surface area contributed by atoms with Gasteiger partial charge in [-0.15, -0.1) is 0 Å². The second kappa shape index (κ2) is 7.36. The van der Waals surface area contributed by atoms with Crippen molar-refractivity contribution in [2.75, 3.05) is 6.54 Å².